The molecule has 0 unspecified atom stereocenters. The van der Waals surface area contributed by atoms with E-state index in [-0.39, 0.29) is 0 Å². The molecule has 0 fully saturated rings. The second-order valence-corrected chi connectivity index (χ2v) is 4.73. The van der Waals surface area contributed by atoms with Crippen molar-refractivity contribution in [2.75, 3.05) is 6.61 Å². The third kappa shape index (κ3) is 6.01. The van der Waals surface area contributed by atoms with Crippen LogP contribution in [0.3, 0.4) is 0 Å². The van der Waals surface area contributed by atoms with Gasteiger partial charge in [-0.05, 0) is 25.3 Å². The second kappa shape index (κ2) is 9.89. The van der Waals surface area contributed by atoms with Crippen molar-refractivity contribution >= 4 is 6.29 Å². The monoisotopic (exact) mass is 252 g/mol. The number of aldehydes is 1. The summed E-state index contributed by atoms with van der Waals surface area (Å²) in [5.41, 5.74) is 1.04. The van der Waals surface area contributed by atoms with Crippen LogP contribution in [0.1, 0.15) is 67.5 Å². The molecule has 1 heterocycles. The summed E-state index contributed by atoms with van der Waals surface area (Å²) >= 11 is 0. The van der Waals surface area contributed by atoms with E-state index in [2.05, 4.69) is 0 Å². The van der Waals surface area contributed by atoms with Crippen molar-refractivity contribution in [2.45, 2.75) is 57.8 Å². The summed E-state index contributed by atoms with van der Waals surface area (Å²) in [6, 6.07) is 1.89. The van der Waals surface area contributed by atoms with Gasteiger partial charge in [-0.25, -0.2) is 0 Å². The number of aliphatic hydroxyl groups excluding tert-OH is 1. The summed E-state index contributed by atoms with van der Waals surface area (Å²) in [5.74, 6) is 0.485. The first-order valence-corrected chi connectivity index (χ1v) is 7.01. The zero-order chi connectivity index (χ0) is 13.1. The summed E-state index contributed by atoms with van der Waals surface area (Å²) in [6.07, 6.45) is 12.8. The number of rotatable bonds is 11. The zero-order valence-electron chi connectivity index (χ0n) is 11.1. The molecule has 0 aliphatic heterocycles. The van der Waals surface area contributed by atoms with Gasteiger partial charge in [0.25, 0.3) is 0 Å². The van der Waals surface area contributed by atoms with Crippen LogP contribution in [0.5, 0.6) is 0 Å². The predicted molar refractivity (Wildman–Crippen MR) is 71.8 cm³/mol. The average molecular weight is 252 g/mol. The molecule has 0 atom stereocenters. The Morgan fingerprint density at radius 1 is 1.00 bits per heavy atom. The Labute approximate surface area is 109 Å². The molecule has 0 spiro atoms. The fraction of sp³-hybridized carbons (Fsp3) is 0.667. The highest BCUT2D eigenvalue weighted by Gasteiger charge is 2.03. The Morgan fingerprint density at radius 2 is 1.61 bits per heavy atom. The van der Waals surface area contributed by atoms with Crippen LogP contribution in [0.4, 0.5) is 0 Å². The molecule has 102 valence electrons. The van der Waals surface area contributed by atoms with E-state index >= 15 is 0 Å². The first-order valence-electron chi connectivity index (χ1n) is 7.01. The number of hydrogen-bond acceptors (Lipinski definition) is 3. The molecule has 3 heteroatoms. The number of carbonyl (C=O) groups excluding carboxylic acids is 1. The topological polar surface area (TPSA) is 50.4 Å². The maximum atomic E-state index is 10.6. The SMILES string of the molecule is O=Cc1occc1CCCCCCCCCCO. The Morgan fingerprint density at radius 3 is 2.22 bits per heavy atom. The largest absolute Gasteiger partial charge is 0.461 e. The van der Waals surface area contributed by atoms with Crippen molar-refractivity contribution in [1.29, 1.82) is 0 Å². The quantitative estimate of drug-likeness (QED) is 0.482. The predicted octanol–water partition coefficient (Wildman–Crippen LogP) is 3.75. The summed E-state index contributed by atoms with van der Waals surface area (Å²) in [4.78, 5) is 10.6. The van der Waals surface area contributed by atoms with Crippen LogP contribution in [-0.2, 0) is 6.42 Å². The van der Waals surface area contributed by atoms with Crippen LogP contribution in [0.2, 0.25) is 0 Å². The molecule has 0 aromatic carbocycles. The minimum absolute atomic E-state index is 0.323. The zero-order valence-corrected chi connectivity index (χ0v) is 11.1. The van der Waals surface area contributed by atoms with Gasteiger partial charge in [0.1, 0.15) is 0 Å². The van der Waals surface area contributed by atoms with E-state index in [4.69, 9.17) is 9.52 Å². The van der Waals surface area contributed by atoms with Gasteiger partial charge in [0.15, 0.2) is 12.0 Å². The van der Waals surface area contributed by atoms with Gasteiger partial charge < -0.3 is 9.52 Å². The van der Waals surface area contributed by atoms with Crippen LogP contribution >= 0.6 is 0 Å². The van der Waals surface area contributed by atoms with Crippen molar-refractivity contribution in [3.63, 3.8) is 0 Å². The Hall–Kier alpha value is -1.09. The number of aliphatic hydroxyl groups is 1. The molecule has 0 radical (unpaired) electrons. The van der Waals surface area contributed by atoms with E-state index in [0.717, 1.165) is 37.5 Å². The minimum atomic E-state index is 0.323. The summed E-state index contributed by atoms with van der Waals surface area (Å²) in [6.45, 7) is 0.323. The molecular weight excluding hydrogens is 228 g/mol. The third-order valence-corrected chi connectivity index (χ3v) is 3.24. The van der Waals surface area contributed by atoms with E-state index in [9.17, 15) is 4.79 Å². The molecule has 18 heavy (non-hydrogen) atoms. The number of hydrogen-bond donors (Lipinski definition) is 1. The first kappa shape index (κ1) is 15.0. The average Bonchev–Trinajstić information content (AvgIpc) is 2.84. The highest BCUT2D eigenvalue weighted by molar-refractivity contribution is 5.72. The van der Waals surface area contributed by atoms with Gasteiger partial charge in [0.2, 0.25) is 0 Å². The van der Waals surface area contributed by atoms with Gasteiger partial charge >= 0.3 is 0 Å². The van der Waals surface area contributed by atoms with E-state index in [0.29, 0.717) is 12.4 Å². The van der Waals surface area contributed by atoms with Crippen molar-refractivity contribution in [3.8, 4) is 0 Å². The van der Waals surface area contributed by atoms with Crippen molar-refractivity contribution < 1.29 is 14.3 Å². The van der Waals surface area contributed by atoms with E-state index in [1.54, 1.807) is 6.26 Å². The Kier molecular flexibility index (Phi) is 8.23. The van der Waals surface area contributed by atoms with Crippen molar-refractivity contribution in [3.05, 3.63) is 23.7 Å². The van der Waals surface area contributed by atoms with Gasteiger partial charge in [-0.3, -0.25) is 4.79 Å². The van der Waals surface area contributed by atoms with Crippen molar-refractivity contribution in [2.24, 2.45) is 0 Å². The van der Waals surface area contributed by atoms with Gasteiger partial charge in [0, 0.05) is 12.2 Å². The number of furan rings is 1. The van der Waals surface area contributed by atoms with Crippen LogP contribution in [0.15, 0.2) is 16.7 Å². The van der Waals surface area contributed by atoms with E-state index < -0.39 is 0 Å². The fourth-order valence-electron chi connectivity index (χ4n) is 2.15. The summed E-state index contributed by atoms with van der Waals surface area (Å²) in [5, 5.41) is 8.64. The van der Waals surface area contributed by atoms with Gasteiger partial charge in [-0.2, -0.15) is 0 Å². The van der Waals surface area contributed by atoms with Crippen LogP contribution < -0.4 is 0 Å². The fourth-order valence-corrected chi connectivity index (χ4v) is 2.15. The van der Waals surface area contributed by atoms with Gasteiger partial charge in [-0.15, -0.1) is 0 Å². The lowest BCUT2D eigenvalue weighted by Crippen LogP contribution is -1.89. The summed E-state index contributed by atoms with van der Waals surface area (Å²) in [7, 11) is 0. The molecule has 0 saturated heterocycles. The molecule has 0 aliphatic carbocycles. The molecule has 1 aromatic heterocycles. The molecule has 0 amide bonds. The standard InChI is InChI=1S/C15H24O3/c16-11-8-6-4-2-1-3-5-7-9-14-10-12-18-15(14)13-17/h10,12-13,16H,1-9,11H2. The maximum Gasteiger partial charge on any atom is 0.185 e. The number of aryl methyl sites for hydroxylation is 1. The van der Waals surface area contributed by atoms with Gasteiger partial charge in [-0.1, -0.05) is 38.5 Å². The van der Waals surface area contributed by atoms with Crippen LogP contribution in [0, 0.1) is 0 Å². The first-order chi connectivity index (χ1) is 8.88. The molecule has 0 saturated carbocycles. The lowest BCUT2D eigenvalue weighted by atomic mass is 10.0. The second-order valence-electron chi connectivity index (χ2n) is 4.73. The normalized spacial score (nSPS) is 10.7. The third-order valence-electron chi connectivity index (χ3n) is 3.24. The number of unbranched alkanes of at least 4 members (excludes halogenated alkanes) is 7. The lowest BCUT2D eigenvalue weighted by Gasteiger charge is -2.01. The van der Waals surface area contributed by atoms with Crippen molar-refractivity contribution in [1.82, 2.24) is 0 Å². The molecule has 0 bridgehead atoms. The van der Waals surface area contributed by atoms with E-state index in [1.165, 1.54) is 32.1 Å². The van der Waals surface area contributed by atoms with Crippen LogP contribution in [0.25, 0.3) is 0 Å². The van der Waals surface area contributed by atoms with Gasteiger partial charge in [0.05, 0.1) is 6.26 Å². The Bertz CT molecular complexity index is 317. The highest BCUT2D eigenvalue weighted by Crippen LogP contribution is 2.14. The molecule has 1 N–H and O–H groups in total. The molecule has 0 aliphatic rings. The van der Waals surface area contributed by atoms with E-state index in [1.807, 2.05) is 6.07 Å². The molecular formula is C15H24O3. The number of carbonyl (C=O) groups is 1. The highest BCUT2D eigenvalue weighted by atomic mass is 16.3. The maximum absolute atomic E-state index is 10.6. The molecule has 1 aromatic rings. The molecule has 1 rings (SSSR count). The summed E-state index contributed by atoms with van der Waals surface area (Å²) < 4.78 is 5.06. The lowest BCUT2D eigenvalue weighted by molar-refractivity contribution is 0.109. The molecule has 3 nitrogen and oxygen atoms in total. The van der Waals surface area contributed by atoms with Crippen LogP contribution in [-0.4, -0.2) is 18.0 Å². The Balaban J connectivity index is 1.94. The minimum Gasteiger partial charge on any atom is -0.461 e. The smallest absolute Gasteiger partial charge is 0.185 e.